The van der Waals surface area contributed by atoms with Gasteiger partial charge in [-0.25, -0.2) is 4.98 Å². The first-order valence-electron chi connectivity index (χ1n) is 9.26. The molecule has 1 aromatic carbocycles. The Bertz CT molecular complexity index is 966. The topological polar surface area (TPSA) is 93.5 Å². The summed E-state index contributed by atoms with van der Waals surface area (Å²) in [6, 6.07) is 10.7. The number of aromatic nitrogens is 1. The Balaban J connectivity index is 1.54. The van der Waals surface area contributed by atoms with E-state index < -0.39 is 0 Å². The zero-order valence-corrected chi connectivity index (χ0v) is 17.3. The lowest BCUT2D eigenvalue weighted by Gasteiger charge is -2.16. The van der Waals surface area contributed by atoms with Gasteiger partial charge in [-0.15, -0.1) is 11.3 Å². The van der Waals surface area contributed by atoms with E-state index in [1.807, 2.05) is 45.0 Å². The number of hydrogen-bond acceptors (Lipinski definition) is 6. The van der Waals surface area contributed by atoms with E-state index in [9.17, 15) is 9.59 Å². The molecule has 29 heavy (non-hydrogen) atoms. The normalized spacial score (nSPS) is 11.9. The Morgan fingerprint density at radius 2 is 2.03 bits per heavy atom. The van der Waals surface area contributed by atoms with Crippen molar-refractivity contribution in [2.24, 2.45) is 0 Å². The number of nitrogens with one attached hydrogen (secondary N) is 2. The van der Waals surface area contributed by atoms with Crippen molar-refractivity contribution in [1.29, 1.82) is 0 Å². The molecule has 0 saturated carbocycles. The number of anilines is 1. The highest BCUT2D eigenvalue weighted by atomic mass is 32.1. The number of hydrogen-bond donors (Lipinski definition) is 2. The molecule has 0 unspecified atom stereocenters. The van der Waals surface area contributed by atoms with Gasteiger partial charge in [0.05, 0.1) is 30.5 Å². The van der Waals surface area contributed by atoms with Gasteiger partial charge in [0.2, 0.25) is 5.91 Å². The summed E-state index contributed by atoms with van der Waals surface area (Å²) >= 11 is 1.26. The standard InChI is InChI=1S/C21H23N3O4S/c1-13(2)28-17-7-4-6-15(10-17)14(3)22-19(25)11-16-12-29-21(23-16)24-20(26)18-8-5-9-27-18/h4-10,12-14H,11H2,1-3H3,(H,22,25)(H,23,24,26)/t14-/m1/s1. The SMILES string of the molecule is CC(C)Oc1cccc([C@@H](C)NC(=O)Cc2csc(NC(=O)c3ccco3)n2)c1. The Labute approximate surface area is 173 Å². The predicted octanol–water partition coefficient (Wildman–Crippen LogP) is 4.20. The average molecular weight is 413 g/mol. The molecular weight excluding hydrogens is 390 g/mol. The molecule has 0 aliphatic heterocycles. The fraction of sp³-hybridized carbons (Fsp3) is 0.286. The molecule has 7 nitrogen and oxygen atoms in total. The number of benzene rings is 1. The van der Waals surface area contributed by atoms with Crippen LogP contribution in [0.25, 0.3) is 0 Å². The minimum absolute atomic E-state index is 0.0854. The van der Waals surface area contributed by atoms with Gasteiger partial charge >= 0.3 is 0 Å². The van der Waals surface area contributed by atoms with Crippen molar-refractivity contribution in [3.8, 4) is 5.75 Å². The van der Waals surface area contributed by atoms with Crippen LogP contribution in [-0.2, 0) is 11.2 Å². The van der Waals surface area contributed by atoms with Crippen LogP contribution in [0.15, 0.2) is 52.5 Å². The molecule has 1 atom stereocenters. The number of ether oxygens (including phenoxy) is 1. The lowest BCUT2D eigenvalue weighted by molar-refractivity contribution is -0.121. The largest absolute Gasteiger partial charge is 0.491 e. The van der Waals surface area contributed by atoms with Crippen molar-refractivity contribution in [2.75, 3.05) is 5.32 Å². The van der Waals surface area contributed by atoms with Crippen LogP contribution >= 0.6 is 11.3 Å². The summed E-state index contributed by atoms with van der Waals surface area (Å²) in [6.45, 7) is 5.86. The van der Waals surface area contributed by atoms with Gasteiger partial charge in [0.25, 0.3) is 5.91 Å². The smallest absolute Gasteiger partial charge is 0.293 e. The molecule has 0 fully saturated rings. The molecule has 0 aliphatic rings. The van der Waals surface area contributed by atoms with Gasteiger partial charge in [-0.3, -0.25) is 14.9 Å². The third kappa shape index (κ3) is 5.92. The van der Waals surface area contributed by atoms with Crippen LogP contribution in [0, 0.1) is 0 Å². The summed E-state index contributed by atoms with van der Waals surface area (Å²) in [5.74, 6) is 0.450. The molecule has 2 aromatic heterocycles. The van der Waals surface area contributed by atoms with Crippen molar-refractivity contribution in [3.05, 3.63) is 65.1 Å². The number of rotatable bonds is 8. The average Bonchev–Trinajstić information content (AvgIpc) is 3.33. The zero-order chi connectivity index (χ0) is 20.8. The lowest BCUT2D eigenvalue weighted by Crippen LogP contribution is -2.28. The maximum absolute atomic E-state index is 12.4. The van der Waals surface area contributed by atoms with Crippen LogP contribution in [-0.4, -0.2) is 22.9 Å². The highest BCUT2D eigenvalue weighted by Crippen LogP contribution is 2.21. The van der Waals surface area contributed by atoms with E-state index in [1.165, 1.54) is 17.6 Å². The van der Waals surface area contributed by atoms with Gasteiger partial charge in [-0.05, 0) is 50.6 Å². The number of nitrogens with zero attached hydrogens (tertiary/aromatic N) is 1. The van der Waals surface area contributed by atoms with Crippen LogP contribution < -0.4 is 15.4 Å². The molecule has 2 heterocycles. The lowest BCUT2D eigenvalue weighted by atomic mass is 10.1. The maximum Gasteiger partial charge on any atom is 0.293 e. The van der Waals surface area contributed by atoms with Gasteiger partial charge < -0.3 is 14.5 Å². The molecule has 0 aliphatic carbocycles. The molecule has 0 spiro atoms. The van der Waals surface area contributed by atoms with Crippen LogP contribution in [0.4, 0.5) is 5.13 Å². The van der Waals surface area contributed by atoms with Crippen molar-refractivity contribution >= 4 is 28.3 Å². The van der Waals surface area contributed by atoms with Crippen LogP contribution in [0.1, 0.15) is 48.6 Å². The van der Waals surface area contributed by atoms with E-state index >= 15 is 0 Å². The molecule has 8 heteroatoms. The monoisotopic (exact) mass is 413 g/mol. The molecule has 2 N–H and O–H groups in total. The van der Waals surface area contributed by atoms with Crippen molar-refractivity contribution in [3.63, 3.8) is 0 Å². The third-order valence-corrected chi connectivity index (χ3v) is 4.77. The number of thiazole rings is 1. The Hall–Kier alpha value is -3.13. The first-order valence-corrected chi connectivity index (χ1v) is 10.1. The van der Waals surface area contributed by atoms with Crippen LogP contribution in [0.3, 0.4) is 0 Å². The minimum Gasteiger partial charge on any atom is -0.491 e. The quantitative estimate of drug-likeness (QED) is 0.577. The van der Waals surface area contributed by atoms with Crippen LogP contribution in [0.2, 0.25) is 0 Å². The summed E-state index contributed by atoms with van der Waals surface area (Å²) in [6.07, 6.45) is 1.64. The number of amides is 2. The van der Waals surface area contributed by atoms with Gasteiger partial charge in [-0.1, -0.05) is 12.1 Å². The van der Waals surface area contributed by atoms with Crippen molar-refractivity contribution in [1.82, 2.24) is 10.3 Å². The first-order chi connectivity index (χ1) is 13.9. The molecule has 3 aromatic rings. The zero-order valence-electron chi connectivity index (χ0n) is 16.5. The minimum atomic E-state index is -0.377. The van der Waals surface area contributed by atoms with E-state index in [1.54, 1.807) is 17.5 Å². The fourth-order valence-corrected chi connectivity index (χ4v) is 3.39. The van der Waals surface area contributed by atoms with E-state index in [0.717, 1.165) is 11.3 Å². The second-order valence-electron chi connectivity index (χ2n) is 6.78. The molecule has 0 bridgehead atoms. The van der Waals surface area contributed by atoms with E-state index in [2.05, 4.69) is 15.6 Å². The molecule has 152 valence electrons. The van der Waals surface area contributed by atoms with Gasteiger partial charge in [0, 0.05) is 5.38 Å². The summed E-state index contributed by atoms with van der Waals surface area (Å²) in [7, 11) is 0. The summed E-state index contributed by atoms with van der Waals surface area (Å²) in [5.41, 5.74) is 1.55. The summed E-state index contributed by atoms with van der Waals surface area (Å²) in [4.78, 5) is 28.7. The van der Waals surface area contributed by atoms with Gasteiger partial charge in [-0.2, -0.15) is 0 Å². The third-order valence-electron chi connectivity index (χ3n) is 3.97. The summed E-state index contributed by atoms with van der Waals surface area (Å²) in [5, 5.41) is 7.79. The van der Waals surface area contributed by atoms with Crippen molar-refractivity contribution in [2.45, 2.75) is 39.3 Å². The second kappa shape index (κ2) is 9.38. The Morgan fingerprint density at radius 3 is 2.76 bits per heavy atom. The first kappa shape index (κ1) is 20.6. The predicted molar refractivity (Wildman–Crippen MR) is 111 cm³/mol. The highest BCUT2D eigenvalue weighted by Gasteiger charge is 2.15. The van der Waals surface area contributed by atoms with Crippen molar-refractivity contribution < 1.29 is 18.7 Å². The van der Waals surface area contributed by atoms with E-state index in [0.29, 0.717) is 10.8 Å². The molecular formula is C21H23N3O4S. The van der Waals surface area contributed by atoms with Gasteiger partial charge in [0.1, 0.15) is 5.75 Å². The van der Waals surface area contributed by atoms with Crippen LogP contribution in [0.5, 0.6) is 5.75 Å². The molecule has 0 radical (unpaired) electrons. The van der Waals surface area contributed by atoms with Gasteiger partial charge in [0.15, 0.2) is 10.9 Å². The fourth-order valence-electron chi connectivity index (χ4n) is 2.68. The van der Waals surface area contributed by atoms with E-state index in [4.69, 9.17) is 9.15 Å². The molecule has 0 saturated heterocycles. The summed E-state index contributed by atoms with van der Waals surface area (Å²) < 4.78 is 10.8. The number of carbonyl (C=O) groups excluding carboxylic acids is 2. The molecule has 3 rings (SSSR count). The Morgan fingerprint density at radius 1 is 1.21 bits per heavy atom. The number of carbonyl (C=O) groups is 2. The Kier molecular flexibility index (Phi) is 6.66. The second-order valence-corrected chi connectivity index (χ2v) is 7.64. The number of furan rings is 1. The van der Waals surface area contributed by atoms with E-state index in [-0.39, 0.29) is 36.1 Å². The highest BCUT2D eigenvalue weighted by molar-refractivity contribution is 7.14. The molecule has 2 amide bonds. The maximum atomic E-state index is 12.4.